The van der Waals surface area contributed by atoms with Crippen molar-refractivity contribution in [1.82, 2.24) is 9.80 Å². The number of hydrogen-bond donors (Lipinski definition) is 0. The number of carbonyl (C=O) groups is 2. The van der Waals surface area contributed by atoms with Crippen LogP contribution in [0.5, 0.6) is 0 Å². The summed E-state index contributed by atoms with van der Waals surface area (Å²) in [4.78, 5) is 28.3. The van der Waals surface area contributed by atoms with Gasteiger partial charge < -0.3 is 14.5 Å². The summed E-state index contributed by atoms with van der Waals surface area (Å²) >= 11 is 3.34. The fourth-order valence-electron chi connectivity index (χ4n) is 2.40. The number of esters is 1. The number of carbonyl (C=O) groups excluding carboxylic acids is 2. The maximum Gasteiger partial charge on any atom is 0.337 e. The number of benzene rings is 1. The second-order valence-corrected chi connectivity index (χ2v) is 5.86. The second-order valence-electron chi connectivity index (χ2n) is 4.95. The molecule has 5 nitrogen and oxygen atoms in total. The van der Waals surface area contributed by atoms with Crippen molar-refractivity contribution >= 4 is 27.8 Å². The fourth-order valence-corrected chi connectivity index (χ4v) is 2.89. The van der Waals surface area contributed by atoms with E-state index in [-0.39, 0.29) is 5.91 Å². The summed E-state index contributed by atoms with van der Waals surface area (Å²) in [5.74, 6) is -0.488. The molecule has 1 aliphatic heterocycles. The minimum atomic E-state index is -0.443. The molecule has 0 aliphatic carbocycles. The Kier molecular flexibility index (Phi) is 5.36. The average Bonchev–Trinajstić information content (AvgIpc) is 2.52. The largest absolute Gasteiger partial charge is 0.465 e. The molecule has 114 valence electrons. The number of halogens is 1. The smallest absolute Gasteiger partial charge is 0.337 e. The van der Waals surface area contributed by atoms with E-state index in [9.17, 15) is 9.59 Å². The summed E-state index contributed by atoms with van der Waals surface area (Å²) in [6.45, 7) is 6.33. The van der Waals surface area contributed by atoms with E-state index in [2.05, 4.69) is 27.8 Å². The van der Waals surface area contributed by atoms with Crippen molar-refractivity contribution < 1.29 is 14.3 Å². The van der Waals surface area contributed by atoms with Gasteiger partial charge in [0.1, 0.15) is 0 Å². The van der Waals surface area contributed by atoms with Crippen LogP contribution in [0.25, 0.3) is 0 Å². The van der Waals surface area contributed by atoms with Gasteiger partial charge >= 0.3 is 5.97 Å². The predicted octanol–water partition coefficient (Wildman–Crippen LogP) is 2.01. The van der Waals surface area contributed by atoms with E-state index in [0.29, 0.717) is 28.7 Å². The quantitative estimate of drug-likeness (QED) is 0.779. The van der Waals surface area contributed by atoms with Crippen molar-refractivity contribution in [3.8, 4) is 0 Å². The Morgan fingerprint density at radius 2 is 1.76 bits per heavy atom. The highest BCUT2D eigenvalue weighted by Crippen LogP contribution is 2.19. The van der Waals surface area contributed by atoms with Crippen LogP contribution in [0.2, 0.25) is 0 Å². The highest BCUT2D eigenvalue weighted by atomic mass is 79.9. The lowest BCUT2D eigenvalue weighted by Gasteiger charge is -2.34. The van der Waals surface area contributed by atoms with Gasteiger partial charge in [-0.3, -0.25) is 4.79 Å². The Morgan fingerprint density at radius 3 is 2.33 bits per heavy atom. The zero-order valence-corrected chi connectivity index (χ0v) is 13.9. The van der Waals surface area contributed by atoms with Crippen molar-refractivity contribution in [2.45, 2.75) is 6.92 Å². The molecule has 0 atom stereocenters. The number of amides is 1. The van der Waals surface area contributed by atoms with Crippen molar-refractivity contribution in [3.63, 3.8) is 0 Å². The van der Waals surface area contributed by atoms with Crippen LogP contribution in [0.15, 0.2) is 22.7 Å². The van der Waals surface area contributed by atoms with Crippen LogP contribution < -0.4 is 0 Å². The molecule has 2 rings (SSSR count). The van der Waals surface area contributed by atoms with Crippen molar-refractivity contribution in [1.29, 1.82) is 0 Å². The number of methoxy groups -OCH3 is 1. The molecule has 1 aromatic rings. The summed E-state index contributed by atoms with van der Waals surface area (Å²) in [5.41, 5.74) is 0.886. The first-order valence-electron chi connectivity index (χ1n) is 6.95. The molecule has 1 saturated heterocycles. The third-order valence-electron chi connectivity index (χ3n) is 3.67. The molecule has 0 aromatic heterocycles. The Morgan fingerprint density at radius 1 is 1.14 bits per heavy atom. The van der Waals surface area contributed by atoms with E-state index in [1.165, 1.54) is 7.11 Å². The molecule has 0 unspecified atom stereocenters. The van der Waals surface area contributed by atoms with Gasteiger partial charge in [0.15, 0.2) is 0 Å². The molecule has 1 amide bonds. The van der Waals surface area contributed by atoms with E-state index in [1.54, 1.807) is 18.2 Å². The number of rotatable bonds is 3. The molecule has 1 aliphatic rings. The van der Waals surface area contributed by atoms with Crippen LogP contribution in [0.3, 0.4) is 0 Å². The number of hydrogen-bond acceptors (Lipinski definition) is 4. The van der Waals surface area contributed by atoms with Gasteiger partial charge in [-0.2, -0.15) is 0 Å². The lowest BCUT2D eigenvalue weighted by atomic mass is 10.1. The van der Waals surface area contributed by atoms with Crippen LogP contribution in [0, 0.1) is 0 Å². The highest BCUT2D eigenvalue weighted by Gasteiger charge is 2.22. The Labute approximate surface area is 133 Å². The molecule has 1 fully saturated rings. The second kappa shape index (κ2) is 7.04. The first kappa shape index (κ1) is 16.0. The third kappa shape index (κ3) is 3.83. The van der Waals surface area contributed by atoms with Gasteiger partial charge in [-0.1, -0.05) is 22.9 Å². The normalized spacial score (nSPS) is 15.9. The van der Waals surface area contributed by atoms with E-state index < -0.39 is 5.97 Å². The number of nitrogens with zero attached hydrogens (tertiary/aromatic N) is 2. The van der Waals surface area contributed by atoms with E-state index in [0.717, 1.165) is 19.6 Å². The standard InChI is InChI=1S/C15H19BrN2O3/c1-3-17-4-6-18(7-5-17)14(19)11-8-12(15(20)21-2)10-13(16)9-11/h8-10H,3-7H2,1-2H3. The molecule has 1 heterocycles. The van der Waals surface area contributed by atoms with E-state index in [4.69, 9.17) is 4.74 Å². The van der Waals surface area contributed by atoms with Gasteiger partial charge in [0.05, 0.1) is 12.7 Å². The van der Waals surface area contributed by atoms with E-state index in [1.807, 2.05) is 4.90 Å². The minimum Gasteiger partial charge on any atom is -0.465 e. The summed E-state index contributed by atoms with van der Waals surface area (Å²) in [6.07, 6.45) is 0. The molecular weight excluding hydrogens is 336 g/mol. The fraction of sp³-hybridized carbons (Fsp3) is 0.467. The summed E-state index contributed by atoms with van der Waals surface area (Å²) in [6, 6.07) is 4.98. The summed E-state index contributed by atoms with van der Waals surface area (Å²) in [7, 11) is 1.33. The van der Waals surface area contributed by atoms with Gasteiger partial charge in [0, 0.05) is 36.2 Å². The molecule has 21 heavy (non-hydrogen) atoms. The Balaban J connectivity index is 2.16. The van der Waals surface area contributed by atoms with Crippen LogP contribution in [-0.2, 0) is 4.74 Å². The van der Waals surface area contributed by atoms with Crippen LogP contribution >= 0.6 is 15.9 Å². The van der Waals surface area contributed by atoms with Crippen LogP contribution in [-0.4, -0.2) is 61.5 Å². The van der Waals surface area contributed by atoms with Gasteiger partial charge in [-0.05, 0) is 24.7 Å². The lowest BCUT2D eigenvalue weighted by Crippen LogP contribution is -2.48. The molecule has 0 N–H and O–H groups in total. The average molecular weight is 355 g/mol. The van der Waals surface area contributed by atoms with Crippen molar-refractivity contribution in [2.75, 3.05) is 39.8 Å². The van der Waals surface area contributed by atoms with Crippen molar-refractivity contribution in [2.24, 2.45) is 0 Å². The molecule has 0 spiro atoms. The van der Waals surface area contributed by atoms with Gasteiger partial charge in [-0.25, -0.2) is 4.79 Å². The molecule has 1 aromatic carbocycles. The van der Waals surface area contributed by atoms with Crippen molar-refractivity contribution in [3.05, 3.63) is 33.8 Å². The predicted molar refractivity (Wildman–Crippen MR) is 83.5 cm³/mol. The first-order chi connectivity index (χ1) is 10.0. The molecule has 0 bridgehead atoms. The molecule has 0 radical (unpaired) electrons. The van der Waals surface area contributed by atoms with Gasteiger partial charge in [-0.15, -0.1) is 0 Å². The lowest BCUT2D eigenvalue weighted by molar-refractivity contribution is 0.0600. The maximum absolute atomic E-state index is 12.5. The maximum atomic E-state index is 12.5. The molecule has 6 heteroatoms. The number of ether oxygens (including phenoxy) is 1. The monoisotopic (exact) mass is 354 g/mol. The SMILES string of the molecule is CCN1CCN(C(=O)c2cc(Br)cc(C(=O)OC)c2)CC1. The zero-order valence-electron chi connectivity index (χ0n) is 12.3. The highest BCUT2D eigenvalue weighted by molar-refractivity contribution is 9.10. The Bertz CT molecular complexity index is 540. The topological polar surface area (TPSA) is 49.9 Å². The number of likely N-dealkylation sites (N-methyl/N-ethyl adjacent to an activating group) is 1. The van der Waals surface area contributed by atoms with E-state index >= 15 is 0 Å². The Hall–Kier alpha value is -1.40. The van der Waals surface area contributed by atoms with Crippen LogP contribution in [0.4, 0.5) is 0 Å². The number of piperazine rings is 1. The minimum absolute atomic E-state index is 0.0443. The summed E-state index contributed by atoms with van der Waals surface area (Å²) in [5, 5.41) is 0. The molecule has 0 saturated carbocycles. The summed E-state index contributed by atoms with van der Waals surface area (Å²) < 4.78 is 5.40. The first-order valence-corrected chi connectivity index (χ1v) is 7.75. The zero-order chi connectivity index (χ0) is 15.4. The van der Waals surface area contributed by atoms with Gasteiger partial charge in [0.25, 0.3) is 5.91 Å². The molecular formula is C15H19BrN2O3. The third-order valence-corrected chi connectivity index (χ3v) is 4.13. The van der Waals surface area contributed by atoms with Gasteiger partial charge in [0.2, 0.25) is 0 Å². The van der Waals surface area contributed by atoms with Crippen LogP contribution in [0.1, 0.15) is 27.6 Å².